The molecule has 2 unspecified atom stereocenters. The van der Waals surface area contributed by atoms with Gasteiger partial charge in [0.15, 0.2) is 11.6 Å². The predicted molar refractivity (Wildman–Crippen MR) is 87.4 cm³/mol. The first kappa shape index (κ1) is 17.9. The van der Waals surface area contributed by atoms with E-state index in [1.165, 1.54) is 12.1 Å². The molecule has 0 fully saturated rings. The highest BCUT2D eigenvalue weighted by Crippen LogP contribution is 2.19. The van der Waals surface area contributed by atoms with Crippen molar-refractivity contribution in [2.45, 2.75) is 26.0 Å². The summed E-state index contributed by atoms with van der Waals surface area (Å²) in [6.07, 6.45) is -0.849. The lowest BCUT2D eigenvalue weighted by Crippen LogP contribution is -2.39. The molecule has 0 aromatic heterocycles. The fourth-order valence-corrected chi connectivity index (χ4v) is 2.44. The maximum atomic E-state index is 13.7. The third kappa shape index (κ3) is 4.29. The minimum Gasteiger partial charge on any atom is -0.387 e. The zero-order valence-corrected chi connectivity index (χ0v) is 13.5. The van der Waals surface area contributed by atoms with Gasteiger partial charge < -0.3 is 15.7 Å². The minimum atomic E-state index is -0.981. The molecular weight excluding hydrogens is 314 g/mol. The van der Waals surface area contributed by atoms with Crippen LogP contribution in [-0.2, 0) is 0 Å². The number of rotatable bonds is 5. The van der Waals surface area contributed by atoms with Gasteiger partial charge >= 0.3 is 6.03 Å². The molecule has 4 nitrogen and oxygen atoms in total. The van der Waals surface area contributed by atoms with Gasteiger partial charge in [-0.25, -0.2) is 13.6 Å². The van der Waals surface area contributed by atoms with Gasteiger partial charge in [-0.15, -0.1) is 0 Å². The van der Waals surface area contributed by atoms with Crippen LogP contribution >= 0.6 is 0 Å². The molecule has 0 saturated heterocycles. The molecule has 2 aromatic rings. The summed E-state index contributed by atoms with van der Waals surface area (Å²) in [6.45, 7) is 3.43. The first-order valence-corrected chi connectivity index (χ1v) is 7.62. The highest BCUT2D eigenvalue weighted by atomic mass is 19.2. The lowest BCUT2D eigenvalue weighted by Gasteiger charge is -2.18. The maximum absolute atomic E-state index is 13.7. The average Bonchev–Trinajstić information content (AvgIpc) is 2.55. The molecule has 0 aliphatic rings. The summed E-state index contributed by atoms with van der Waals surface area (Å²) < 4.78 is 26.9. The summed E-state index contributed by atoms with van der Waals surface area (Å²) in [4.78, 5) is 11.9. The van der Waals surface area contributed by atoms with E-state index in [1.807, 2.05) is 19.1 Å². The Balaban J connectivity index is 1.91. The van der Waals surface area contributed by atoms with E-state index in [0.717, 1.165) is 17.2 Å². The number of aliphatic hydroxyl groups is 1. The van der Waals surface area contributed by atoms with Crippen LogP contribution in [0.15, 0.2) is 42.5 Å². The highest BCUT2D eigenvalue weighted by molar-refractivity contribution is 5.74. The van der Waals surface area contributed by atoms with Crippen molar-refractivity contribution in [3.63, 3.8) is 0 Å². The summed E-state index contributed by atoms with van der Waals surface area (Å²) in [5, 5.41) is 15.2. The Morgan fingerprint density at radius 2 is 1.79 bits per heavy atom. The number of benzene rings is 2. The fourth-order valence-electron chi connectivity index (χ4n) is 2.44. The summed E-state index contributed by atoms with van der Waals surface area (Å²) >= 11 is 0. The van der Waals surface area contributed by atoms with E-state index >= 15 is 0 Å². The monoisotopic (exact) mass is 334 g/mol. The Morgan fingerprint density at radius 3 is 2.50 bits per heavy atom. The Morgan fingerprint density at radius 1 is 1.12 bits per heavy atom. The van der Waals surface area contributed by atoms with Gasteiger partial charge in [0.05, 0.1) is 12.1 Å². The second-order valence-corrected chi connectivity index (χ2v) is 5.59. The molecule has 0 spiro atoms. The van der Waals surface area contributed by atoms with Crippen LogP contribution in [0.5, 0.6) is 0 Å². The second kappa shape index (κ2) is 7.88. The molecule has 2 rings (SSSR count). The lowest BCUT2D eigenvalue weighted by atomic mass is 10.0. The van der Waals surface area contributed by atoms with Crippen LogP contribution in [0.2, 0.25) is 0 Å². The van der Waals surface area contributed by atoms with Crippen molar-refractivity contribution >= 4 is 6.03 Å². The van der Waals surface area contributed by atoms with E-state index in [4.69, 9.17) is 0 Å². The van der Waals surface area contributed by atoms with Crippen molar-refractivity contribution in [1.82, 2.24) is 10.6 Å². The predicted octanol–water partition coefficient (Wildman–Crippen LogP) is 3.37. The van der Waals surface area contributed by atoms with Crippen LogP contribution in [0.1, 0.15) is 35.8 Å². The van der Waals surface area contributed by atoms with Crippen LogP contribution < -0.4 is 10.6 Å². The molecule has 0 saturated carbocycles. The van der Waals surface area contributed by atoms with Gasteiger partial charge in [-0.05, 0) is 31.0 Å². The zero-order valence-electron chi connectivity index (χ0n) is 13.5. The molecule has 0 aliphatic heterocycles. The zero-order chi connectivity index (χ0) is 17.7. The maximum Gasteiger partial charge on any atom is 0.315 e. The van der Waals surface area contributed by atoms with Gasteiger partial charge in [0.1, 0.15) is 0 Å². The van der Waals surface area contributed by atoms with Crippen LogP contribution in [0.4, 0.5) is 13.6 Å². The SMILES string of the molecule is Cc1ccccc1C(O)CNC(=O)NC(C)c1cccc(F)c1F. The number of nitrogens with one attached hydrogen (secondary N) is 2. The van der Waals surface area contributed by atoms with Crippen molar-refractivity contribution < 1.29 is 18.7 Å². The number of carbonyl (C=O) groups excluding carboxylic acids is 1. The van der Waals surface area contributed by atoms with E-state index < -0.39 is 29.8 Å². The number of aliphatic hydroxyl groups excluding tert-OH is 1. The molecule has 2 atom stereocenters. The molecule has 2 amide bonds. The summed E-state index contributed by atoms with van der Waals surface area (Å²) in [7, 11) is 0. The molecule has 24 heavy (non-hydrogen) atoms. The van der Waals surface area contributed by atoms with Crippen LogP contribution in [0.3, 0.4) is 0 Å². The third-order valence-corrected chi connectivity index (χ3v) is 3.80. The van der Waals surface area contributed by atoms with Crippen LogP contribution in [-0.4, -0.2) is 17.7 Å². The number of urea groups is 1. The van der Waals surface area contributed by atoms with Crippen molar-refractivity contribution in [1.29, 1.82) is 0 Å². The average molecular weight is 334 g/mol. The molecule has 0 aliphatic carbocycles. The molecular formula is C18H20F2N2O2. The summed E-state index contributed by atoms with van der Waals surface area (Å²) in [6, 6.07) is 9.84. The van der Waals surface area contributed by atoms with E-state index in [2.05, 4.69) is 10.6 Å². The number of amides is 2. The van der Waals surface area contributed by atoms with Crippen molar-refractivity contribution in [3.05, 3.63) is 70.8 Å². The first-order valence-electron chi connectivity index (χ1n) is 7.62. The van der Waals surface area contributed by atoms with E-state index in [-0.39, 0.29) is 12.1 Å². The van der Waals surface area contributed by atoms with Crippen molar-refractivity contribution in [2.75, 3.05) is 6.54 Å². The van der Waals surface area contributed by atoms with E-state index in [1.54, 1.807) is 19.1 Å². The quantitative estimate of drug-likeness (QED) is 0.785. The number of hydrogen-bond donors (Lipinski definition) is 3. The Bertz CT molecular complexity index is 722. The Labute approximate surface area is 139 Å². The largest absolute Gasteiger partial charge is 0.387 e. The molecule has 2 aromatic carbocycles. The number of halogens is 2. The Kier molecular flexibility index (Phi) is 5.87. The van der Waals surface area contributed by atoms with Gasteiger partial charge in [-0.3, -0.25) is 0 Å². The normalized spacial score (nSPS) is 13.2. The van der Waals surface area contributed by atoms with Crippen molar-refractivity contribution in [2.24, 2.45) is 0 Å². The standard InChI is InChI=1S/C18H20F2N2O2/c1-11-6-3-4-7-13(11)16(23)10-21-18(24)22-12(2)14-8-5-9-15(19)17(14)20/h3-9,12,16,23H,10H2,1-2H3,(H2,21,22,24). The first-order chi connectivity index (χ1) is 11.4. The minimum absolute atomic E-state index is 0.00897. The molecule has 0 bridgehead atoms. The van der Waals surface area contributed by atoms with Gasteiger partial charge in [0.2, 0.25) is 0 Å². The molecule has 0 radical (unpaired) electrons. The van der Waals surface area contributed by atoms with Crippen LogP contribution in [0.25, 0.3) is 0 Å². The highest BCUT2D eigenvalue weighted by Gasteiger charge is 2.17. The summed E-state index contributed by atoms with van der Waals surface area (Å²) in [5.74, 6) is -1.94. The number of aryl methyl sites for hydroxylation is 1. The Hall–Kier alpha value is -2.47. The van der Waals surface area contributed by atoms with Gasteiger partial charge in [0, 0.05) is 12.1 Å². The smallest absolute Gasteiger partial charge is 0.315 e. The van der Waals surface area contributed by atoms with Crippen molar-refractivity contribution in [3.8, 4) is 0 Å². The topological polar surface area (TPSA) is 61.4 Å². The molecule has 6 heteroatoms. The van der Waals surface area contributed by atoms with Crippen LogP contribution in [0, 0.1) is 18.6 Å². The van der Waals surface area contributed by atoms with E-state index in [0.29, 0.717) is 0 Å². The molecule has 128 valence electrons. The van der Waals surface area contributed by atoms with Gasteiger partial charge in [-0.1, -0.05) is 36.4 Å². The fraction of sp³-hybridized carbons (Fsp3) is 0.278. The molecule has 3 N–H and O–H groups in total. The lowest BCUT2D eigenvalue weighted by molar-refractivity contribution is 0.172. The second-order valence-electron chi connectivity index (χ2n) is 5.59. The third-order valence-electron chi connectivity index (χ3n) is 3.80. The molecule has 0 heterocycles. The van der Waals surface area contributed by atoms with Gasteiger partial charge in [0.25, 0.3) is 0 Å². The summed E-state index contributed by atoms with van der Waals surface area (Å²) in [5.41, 5.74) is 1.70. The van der Waals surface area contributed by atoms with E-state index in [9.17, 15) is 18.7 Å². The number of hydrogen-bond acceptors (Lipinski definition) is 2. The van der Waals surface area contributed by atoms with Gasteiger partial charge in [-0.2, -0.15) is 0 Å². The number of carbonyl (C=O) groups is 1.